The van der Waals surface area contributed by atoms with Crippen molar-refractivity contribution in [2.24, 2.45) is 7.05 Å². The van der Waals surface area contributed by atoms with Crippen molar-refractivity contribution in [3.8, 4) is 0 Å². The molecular formula is C19H20ClN3O5. The summed E-state index contributed by atoms with van der Waals surface area (Å²) >= 11 is 6.05. The molecule has 0 radical (unpaired) electrons. The summed E-state index contributed by atoms with van der Waals surface area (Å²) < 4.78 is 12.1. The van der Waals surface area contributed by atoms with Gasteiger partial charge in [-0.05, 0) is 48.4 Å². The van der Waals surface area contributed by atoms with Gasteiger partial charge in [0.1, 0.15) is 5.76 Å². The van der Waals surface area contributed by atoms with E-state index < -0.39 is 5.97 Å². The highest BCUT2D eigenvalue weighted by Gasteiger charge is 2.20. The molecule has 0 saturated heterocycles. The molecule has 0 unspecified atom stereocenters. The van der Waals surface area contributed by atoms with E-state index in [1.165, 1.54) is 6.07 Å². The summed E-state index contributed by atoms with van der Waals surface area (Å²) in [7, 11) is 3.37. The first-order valence-corrected chi connectivity index (χ1v) is 9.00. The quantitative estimate of drug-likeness (QED) is 0.578. The summed E-state index contributed by atoms with van der Waals surface area (Å²) in [6.45, 7) is 1.08. The topological polar surface area (TPSA) is 97.8 Å². The number of aromatic carboxylic acids is 1. The summed E-state index contributed by atoms with van der Waals surface area (Å²) in [6, 6.07) is 8.12. The Morgan fingerprint density at radius 2 is 2.11 bits per heavy atom. The van der Waals surface area contributed by atoms with Gasteiger partial charge in [0.2, 0.25) is 11.0 Å². The zero-order valence-electron chi connectivity index (χ0n) is 15.5. The number of imidazole rings is 1. The van der Waals surface area contributed by atoms with Crippen molar-refractivity contribution in [3.05, 3.63) is 52.7 Å². The van der Waals surface area contributed by atoms with Crippen LogP contribution in [0.15, 0.2) is 34.7 Å². The van der Waals surface area contributed by atoms with Gasteiger partial charge < -0.3 is 23.7 Å². The Hall–Kier alpha value is -2.84. The number of nitrogens with zero attached hydrogens (tertiary/aromatic N) is 3. The van der Waals surface area contributed by atoms with E-state index in [9.17, 15) is 9.59 Å². The highest BCUT2D eigenvalue weighted by atomic mass is 35.5. The van der Waals surface area contributed by atoms with Gasteiger partial charge in [-0.15, -0.1) is 0 Å². The minimum Gasteiger partial charge on any atom is -0.475 e. The van der Waals surface area contributed by atoms with Crippen molar-refractivity contribution < 1.29 is 23.8 Å². The van der Waals surface area contributed by atoms with Crippen LogP contribution in [0.1, 0.15) is 33.1 Å². The zero-order valence-corrected chi connectivity index (χ0v) is 16.3. The molecule has 1 N–H and O–H groups in total. The standard InChI is InChI=1S/C19H20ClN3O5/c1-22-15-10-12(4-6-14(15)21-19(22)20)17(24)23(8-3-9-27-2)11-13-5-7-16(28-13)18(25)26/h4-7,10H,3,8-9,11H2,1-2H3,(H,25,26). The number of rotatable bonds is 8. The van der Waals surface area contributed by atoms with E-state index in [0.29, 0.717) is 41.7 Å². The van der Waals surface area contributed by atoms with Gasteiger partial charge in [-0.2, -0.15) is 0 Å². The van der Waals surface area contributed by atoms with Crippen molar-refractivity contribution in [2.45, 2.75) is 13.0 Å². The van der Waals surface area contributed by atoms with Gasteiger partial charge >= 0.3 is 5.97 Å². The molecule has 0 fully saturated rings. The summed E-state index contributed by atoms with van der Waals surface area (Å²) in [5.74, 6) is -1.12. The molecule has 0 spiro atoms. The molecule has 0 aliphatic carbocycles. The number of fused-ring (bicyclic) bond motifs is 1. The summed E-state index contributed by atoms with van der Waals surface area (Å²) in [5, 5.41) is 9.35. The van der Waals surface area contributed by atoms with Gasteiger partial charge in [-0.25, -0.2) is 9.78 Å². The molecule has 1 aromatic carbocycles. The second kappa shape index (κ2) is 8.45. The molecule has 0 aliphatic rings. The normalized spacial score (nSPS) is 11.1. The van der Waals surface area contributed by atoms with Crippen LogP contribution in [0.5, 0.6) is 0 Å². The van der Waals surface area contributed by atoms with Crippen LogP contribution in [-0.2, 0) is 18.3 Å². The van der Waals surface area contributed by atoms with Crippen LogP contribution in [0, 0.1) is 0 Å². The van der Waals surface area contributed by atoms with Crippen LogP contribution in [0.4, 0.5) is 0 Å². The molecule has 28 heavy (non-hydrogen) atoms. The van der Waals surface area contributed by atoms with Crippen molar-refractivity contribution >= 4 is 34.5 Å². The zero-order chi connectivity index (χ0) is 20.3. The van der Waals surface area contributed by atoms with Crippen LogP contribution in [-0.4, -0.2) is 51.7 Å². The molecule has 0 atom stereocenters. The first kappa shape index (κ1) is 19.9. The van der Waals surface area contributed by atoms with Gasteiger partial charge in [0.05, 0.1) is 17.6 Å². The Bertz CT molecular complexity index is 1010. The number of methoxy groups -OCH3 is 1. The average molecular weight is 406 g/mol. The molecular weight excluding hydrogens is 386 g/mol. The lowest BCUT2D eigenvalue weighted by Gasteiger charge is -2.22. The molecule has 2 aromatic heterocycles. The lowest BCUT2D eigenvalue weighted by atomic mass is 10.1. The number of carboxylic acids is 1. The van der Waals surface area contributed by atoms with Crippen LogP contribution in [0.2, 0.25) is 5.28 Å². The van der Waals surface area contributed by atoms with Crippen molar-refractivity contribution in [3.63, 3.8) is 0 Å². The molecule has 0 saturated carbocycles. The van der Waals surface area contributed by atoms with Crippen molar-refractivity contribution in [2.75, 3.05) is 20.3 Å². The third-order valence-electron chi connectivity index (χ3n) is 4.36. The van der Waals surface area contributed by atoms with E-state index >= 15 is 0 Å². The summed E-state index contributed by atoms with van der Waals surface area (Å²) in [6.07, 6.45) is 0.633. The number of amides is 1. The predicted octanol–water partition coefficient (Wildman–Crippen LogP) is 3.20. The average Bonchev–Trinajstić information content (AvgIpc) is 3.25. The lowest BCUT2D eigenvalue weighted by Crippen LogP contribution is -2.32. The summed E-state index contributed by atoms with van der Waals surface area (Å²) in [5.41, 5.74) is 1.93. The van der Waals surface area contributed by atoms with E-state index in [4.69, 9.17) is 25.9 Å². The number of benzene rings is 1. The van der Waals surface area contributed by atoms with Gasteiger partial charge in [0.25, 0.3) is 5.91 Å². The number of hydrogen-bond acceptors (Lipinski definition) is 5. The largest absolute Gasteiger partial charge is 0.475 e. The third-order valence-corrected chi connectivity index (χ3v) is 4.69. The first-order valence-electron chi connectivity index (χ1n) is 8.63. The van der Waals surface area contributed by atoms with E-state index in [2.05, 4.69) is 4.98 Å². The van der Waals surface area contributed by atoms with Gasteiger partial charge in [0.15, 0.2) is 0 Å². The minimum absolute atomic E-state index is 0.153. The van der Waals surface area contributed by atoms with E-state index in [1.54, 1.807) is 47.9 Å². The number of carbonyl (C=O) groups is 2. The monoisotopic (exact) mass is 405 g/mol. The highest BCUT2D eigenvalue weighted by molar-refractivity contribution is 6.29. The number of carbonyl (C=O) groups excluding carboxylic acids is 1. The summed E-state index contributed by atoms with van der Waals surface area (Å²) in [4.78, 5) is 29.9. The second-order valence-electron chi connectivity index (χ2n) is 6.29. The predicted molar refractivity (Wildman–Crippen MR) is 103 cm³/mol. The maximum Gasteiger partial charge on any atom is 0.371 e. The number of carboxylic acid groups (broad SMARTS) is 1. The Kier molecular flexibility index (Phi) is 6.01. The molecule has 1 amide bonds. The van der Waals surface area contributed by atoms with Crippen molar-refractivity contribution in [1.29, 1.82) is 0 Å². The Balaban J connectivity index is 1.86. The fraction of sp³-hybridized carbons (Fsp3) is 0.316. The Labute approximate surface area is 166 Å². The first-order chi connectivity index (χ1) is 13.4. The number of hydrogen-bond donors (Lipinski definition) is 1. The lowest BCUT2D eigenvalue weighted by molar-refractivity contribution is 0.0655. The fourth-order valence-electron chi connectivity index (χ4n) is 2.89. The molecule has 148 valence electrons. The number of ether oxygens (including phenoxy) is 1. The number of aryl methyl sites for hydroxylation is 1. The van der Waals surface area contributed by atoms with Gasteiger partial charge in [-0.3, -0.25) is 4.79 Å². The van der Waals surface area contributed by atoms with Crippen molar-refractivity contribution in [1.82, 2.24) is 14.5 Å². The molecule has 0 aliphatic heterocycles. The number of halogens is 1. The molecule has 3 aromatic rings. The van der Waals surface area contributed by atoms with Crippen LogP contribution in [0.25, 0.3) is 11.0 Å². The Morgan fingerprint density at radius 3 is 2.79 bits per heavy atom. The van der Waals surface area contributed by atoms with Crippen LogP contribution < -0.4 is 0 Å². The molecule has 3 rings (SSSR count). The number of furan rings is 1. The third kappa shape index (κ3) is 4.18. The van der Waals surface area contributed by atoms with Gasteiger partial charge in [-0.1, -0.05) is 0 Å². The highest BCUT2D eigenvalue weighted by Crippen LogP contribution is 2.21. The maximum absolute atomic E-state index is 13.1. The second-order valence-corrected chi connectivity index (χ2v) is 6.63. The van der Waals surface area contributed by atoms with Gasteiger partial charge in [0, 0.05) is 32.9 Å². The minimum atomic E-state index is -1.15. The molecule has 0 bridgehead atoms. The Morgan fingerprint density at radius 1 is 1.32 bits per heavy atom. The van der Waals surface area contributed by atoms with E-state index in [-0.39, 0.29) is 18.2 Å². The molecule has 9 heteroatoms. The molecule has 8 nitrogen and oxygen atoms in total. The van der Waals surface area contributed by atoms with Crippen LogP contribution >= 0.6 is 11.6 Å². The van der Waals surface area contributed by atoms with E-state index in [1.807, 2.05) is 0 Å². The van der Waals surface area contributed by atoms with Crippen LogP contribution in [0.3, 0.4) is 0 Å². The SMILES string of the molecule is COCCCN(Cc1ccc(C(=O)O)o1)C(=O)c1ccc2nc(Cl)n(C)c2c1. The van der Waals surface area contributed by atoms with E-state index in [0.717, 1.165) is 5.52 Å². The smallest absolute Gasteiger partial charge is 0.371 e. The maximum atomic E-state index is 13.1. The number of aromatic nitrogens is 2. The fourth-order valence-corrected chi connectivity index (χ4v) is 3.08. The molecule has 2 heterocycles.